The predicted octanol–water partition coefficient (Wildman–Crippen LogP) is 7.11. The molecule has 0 atom stereocenters. The van der Waals surface area contributed by atoms with E-state index in [9.17, 15) is 9.59 Å². The maximum absolute atomic E-state index is 12.8. The molecule has 9 heteroatoms. The molecule has 3 aromatic carbocycles. The summed E-state index contributed by atoms with van der Waals surface area (Å²) in [6.07, 6.45) is 0. The van der Waals surface area contributed by atoms with Gasteiger partial charge in [0.05, 0.1) is 34.1 Å². The number of benzene rings is 3. The molecule has 0 unspecified atom stereocenters. The van der Waals surface area contributed by atoms with Crippen molar-refractivity contribution in [2.24, 2.45) is 0 Å². The van der Waals surface area contributed by atoms with Crippen molar-refractivity contribution in [1.82, 2.24) is 9.78 Å². The van der Waals surface area contributed by atoms with Gasteiger partial charge in [0.25, 0.3) is 0 Å². The number of hydrogen-bond acceptors (Lipinski definition) is 5. The van der Waals surface area contributed by atoms with Gasteiger partial charge in [-0.05, 0) is 69.7 Å². The Morgan fingerprint density at radius 1 is 0.974 bits per heavy atom. The number of amides is 2. The van der Waals surface area contributed by atoms with Gasteiger partial charge in [-0.1, -0.05) is 48.0 Å². The molecule has 0 fully saturated rings. The second-order valence-corrected chi connectivity index (χ2v) is 9.49. The van der Waals surface area contributed by atoms with Crippen LogP contribution in [0.5, 0.6) is 11.6 Å². The van der Waals surface area contributed by atoms with E-state index in [-0.39, 0.29) is 5.97 Å². The molecule has 0 saturated heterocycles. The number of carbonyl (C=O) groups is 2. The summed E-state index contributed by atoms with van der Waals surface area (Å²) in [5.74, 6) is 0.577. The molecule has 0 aliphatic rings. The molecule has 196 valence electrons. The highest BCUT2D eigenvalue weighted by atomic mass is 35.5. The lowest BCUT2D eigenvalue weighted by molar-refractivity contribution is -0.148. The number of aromatic nitrogens is 2. The molecule has 0 saturated carbocycles. The summed E-state index contributed by atoms with van der Waals surface area (Å²) < 4.78 is 13.0. The highest BCUT2D eigenvalue weighted by Crippen LogP contribution is 2.33. The van der Waals surface area contributed by atoms with Crippen LogP contribution >= 0.6 is 11.6 Å². The third-order valence-electron chi connectivity index (χ3n) is 5.88. The number of rotatable bonds is 8. The minimum atomic E-state index is -0.804. The molecule has 38 heavy (non-hydrogen) atoms. The van der Waals surface area contributed by atoms with E-state index >= 15 is 0 Å². The molecule has 1 heterocycles. The summed E-state index contributed by atoms with van der Waals surface area (Å²) in [6.45, 7) is 7.55. The van der Waals surface area contributed by atoms with Crippen LogP contribution in [0.3, 0.4) is 0 Å². The van der Waals surface area contributed by atoms with Gasteiger partial charge in [0.2, 0.25) is 5.88 Å². The Bertz CT molecular complexity index is 1450. The van der Waals surface area contributed by atoms with Crippen LogP contribution < -0.4 is 15.4 Å². The molecule has 0 spiro atoms. The topological polar surface area (TPSA) is 94.5 Å². The number of hydrogen-bond donors (Lipinski definition) is 2. The lowest BCUT2D eigenvalue weighted by Crippen LogP contribution is -2.31. The van der Waals surface area contributed by atoms with E-state index in [1.165, 1.54) is 0 Å². The van der Waals surface area contributed by atoms with Crippen molar-refractivity contribution in [2.75, 3.05) is 17.2 Å². The Hall–Kier alpha value is -4.30. The van der Waals surface area contributed by atoms with Gasteiger partial charge in [-0.25, -0.2) is 4.79 Å². The molecule has 4 rings (SSSR count). The summed E-state index contributed by atoms with van der Waals surface area (Å²) in [7, 11) is 0. The van der Waals surface area contributed by atoms with Gasteiger partial charge >= 0.3 is 12.0 Å². The molecule has 2 N–H and O–H groups in total. The van der Waals surface area contributed by atoms with E-state index in [0.717, 1.165) is 11.3 Å². The van der Waals surface area contributed by atoms with Crippen LogP contribution in [0, 0.1) is 6.92 Å². The quantitative estimate of drug-likeness (QED) is 0.236. The summed E-state index contributed by atoms with van der Waals surface area (Å²) in [4.78, 5) is 25.1. The van der Waals surface area contributed by atoms with Gasteiger partial charge in [0.1, 0.15) is 0 Å². The second-order valence-electron chi connectivity index (χ2n) is 9.09. The van der Waals surface area contributed by atoms with Gasteiger partial charge in [-0.3, -0.25) is 4.79 Å². The van der Waals surface area contributed by atoms with E-state index in [0.29, 0.717) is 40.3 Å². The summed E-state index contributed by atoms with van der Waals surface area (Å²) in [5.41, 5.74) is 2.44. The van der Waals surface area contributed by atoms with E-state index < -0.39 is 11.4 Å². The average Bonchev–Trinajstić information content (AvgIpc) is 3.25. The van der Waals surface area contributed by atoms with Gasteiger partial charge in [0, 0.05) is 11.8 Å². The van der Waals surface area contributed by atoms with E-state index in [2.05, 4.69) is 15.7 Å². The number of carbonyl (C=O) groups excluding carboxylic acids is 2. The molecule has 8 nitrogen and oxygen atoms in total. The van der Waals surface area contributed by atoms with Gasteiger partial charge in [-0.15, -0.1) is 0 Å². The number of esters is 1. The molecule has 1 aromatic heterocycles. The van der Waals surface area contributed by atoms with Crippen LogP contribution in [-0.2, 0) is 14.9 Å². The van der Waals surface area contributed by atoms with Crippen LogP contribution in [0.15, 0.2) is 78.9 Å². The first kappa shape index (κ1) is 26.8. The highest BCUT2D eigenvalue weighted by molar-refractivity contribution is 6.32. The minimum Gasteiger partial charge on any atom is -0.465 e. The SMILES string of the molecule is CCOC(=O)C(C)(C)c1ccc(NC(=O)Nc2ccccc2Oc2cc(C)nn2-c2ccccc2Cl)cc1. The number of aryl methyl sites for hydroxylation is 1. The molecular formula is C29H29ClN4O4. The van der Waals surface area contributed by atoms with Crippen molar-refractivity contribution in [3.8, 4) is 17.3 Å². The van der Waals surface area contributed by atoms with Crippen LogP contribution in [0.2, 0.25) is 5.02 Å². The van der Waals surface area contributed by atoms with Crippen molar-refractivity contribution in [3.05, 3.63) is 95.1 Å². The number of urea groups is 1. The molecule has 4 aromatic rings. The van der Waals surface area contributed by atoms with Crippen molar-refractivity contribution >= 4 is 35.0 Å². The number of nitrogens with one attached hydrogen (secondary N) is 2. The van der Waals surface area contributed by atoms with Crippen LogP contribution in [0.4, 0.5) is 16.2 Å². The first-order chi connectivity index (χ1) is 18.2. The van der Waals surface area contributed by atoms with Crippen LogP contribution in [0.25, 0.3) is 5.69 Å². The second kappa shape index (κ2) is 11.4. The number of nitrogens with zero attached hydrogens (tertiary/aromatic N) is 2. The van der Waals surface area contributed by atoms with Crippen molar-refractivity contribution in [3.63, 3.8) is 0 Å². The van der Waals surface area contributed by atoms with Gasteiger partial charge in [0.15, 0.2) is 5.75 Å². The van der Waals surface area contributed by atoms with Crippen LogP contribution in [-0.4, -0.2) is 28.4 Å². The van der Waals surface area contributed by atoms with E-state index in [1.807, 2.05) is 31.2 Å². The van der Waals surface area contributed by atoms with Crippen molar-refractivity contribution < 1.29 is 19.1 Å². The number of anilines is 2. The van der Waals surface area contributed by atoms with Crippen LogP contribution in [0.1, 0.15) is 32.0 Å². The lowest BCUT2D eigenvalue weighted by atomic mass is 9.84. The first-order valence-electron chi connectivity index (χ1n) is 12.1. The Morgan fingerprint density at radius 2 is 1.66 bits per heavy atom. The molecule has 2 amide bonds. The number of ether oxygens (including phenoxy) is 2. The Morgan fingerprint density at radius 3 is 2.37 bits per heavy atom. The van der Waals surface area contributed by atoms with Gasteiger partial charge < -0.3 is 20.1 Å². The predicted molar refractivity (Wildman–Crippen MR) is 149 cm³/mol. The Balaban J connectivity index is 1.48. The Kier molecular flexibility index (Phi) is 8.02. The molecule has 0 aliphatic heterocycles. The smallest absolute Gasteiger partial charge is 0.323 e. The standard InChI is InChI=1S/C29H29ClN4O4/c1-5-37-27(35)29(3,4)20-14-16-21(17-15-20)31-28(36)32-23-11-7-9-13-25(23)38-26-18-19(2)33-34(26)24-12-8-6-10-22(24)30/h6-18H,5H2,1-4H3,(H2,31,32,36). The molecule has 0 radical (unpaired) electrons. The monoisotopic (exact) mass is 532 g/mol. The molecule has 0 bridgehead atoms. The fourth-order valence-electron chi connectivity index (χ4n) is 3.80. The van der Waals surface area contributed by atoms with E-state index in [4.69, 9.17) is 21.1 Å². The first-order valence-corrected chi connectivity index (χ1v) is 12.5. The average molecular weight is 533 g/mol. The summed E-state index contributed by atoms with van der Waals surface area (Å²) in [6, 6.07) is 22.8. The van der Waals surface area contributed by atoms with Gasteiger partial charge in [-0.2, -0.15) is 9.78 Å². The fraction of sp³-hybridized carbons (Fsp3) is 0.207. The molecule has 0 aliphatic carbocycles. The maximum Gasteiger partial charge on any atom is 0.323 e. The lowest BCUT2D eigenvalue weighted by Gasteiger charge is -2.23. The minimum absolute atomic E-state index is 0.305. The zero-order valence-corrected chi connectivity index (χ0v) is 22.4. The molecular weight excluding hydrogens is 504 g/mol. The number of para-hydroxylation sites is 3. The fourth-order valence-corrected chi connectivity index (χ4v) is 4.02. The summed E-state index contributed by atoms with van der Waals surface area (Å²) in [5, 5.41) is 10.7. The van der Waals surface area contributed by atoms with E-state index in [1.54, 1.807) is 80.1 Å². The third-order valence-corrected chi connectivity index (χ3v) is 6.20. The number of halogens is 1. The van der Waals surface area contributed by atoms with Crippen molar-refractivity contribution in [2.45, 2.75) is 33.1 Å². The normalized spacial score (nSPS) is 11.1. The highest BCUT2D eigenvalue weighted by Gasteiger charge is 2.31. The summed E-state index contributed by atoms with van der Waals surface area (Å²) >= 11 is 6.38. The zero-order valence-electron chi connectivity index (χ0n) is 21.6. The third kappa shape index (κ3) is 5.98. The Labute approximate surface area is 226 Å². The maximum atomic E-state index is 12.8. The van der Waals surface area contributed by atoms with Crippen molar-refractivity contribution in [1.29, 1.82) is 0 Å². The zero-order chi connectivity index (χ0) is 27.3. The largest absolute Gasteiger partial charge is 0.465 e.